The van der Waals surface area contributed by atoms with Gasteiger partial charge in [-0.3, -0.25) is 0 Å². The fraction of sp³-hybridized carbons (Fsp3) is 0.789. The van der Waals surface area contributed by atoms with Gasteiger partial charge in [-0.05, 0) is 54.9 Å². The van der Waals surface area contributed by atoms with Gasteiger partial charge in [0.25, 0.3) is 0 Å². The minimum absolute atomic E-state index is 0.0595. The van der Waals surface area contributed by atoms with E-state index in [2.05, 4.69) is 19.9 Å². The topological polar surface area (TPSA) is 66.5 Å². The second kappa shape index (κ2) is 4.90. The summed E-state index contributed by atoms with van der Waals surface area (Å²) in [6.45, 7) is 4.33. The van der Waals surface area contributed by atoms with Gasteiger partial charge in [0.05, 0.1) is 12.2 Å². The highest BCUT2D eigenvalue weighted by molar-refractivity contribution is 5.41. The van der Waals surface area contributed by atoms with E-state index in [0.717, 1.165) is 18.4 Å². The van der Waals surface area contributed by atoms with E-state index in [9.17, 15) is 14.6 Å². The molecule has 0 aliphatic heterocycles. The van der Waals surface area contributed by atoms with Crippen molar-refractivity contribution in [2.75, 3.05) is 0 Å². The Hall–Kier alpha value is -0.710. The summed E-state index contributed by atoms with van der Waals surface area (Å²) in [5.74, 6) is 0.320. The van der Waals surface area contributed by atoms with Crippen molar-refractivity contribution in [2.24, 2.45) is 28.4 Å². The molecule has 23 heavy (non-hydrogen) atoms. The van der Waals surface area contributed by atoms with E-state index in [1.165, 1.54) is 5.57 Å². The Kier molecular flexibility index (Phi) is 3.37. The molecule has 128 valence electrons. The van der Waals surface area contributed by atoms with E-state index < -0.39 is 24.4 Å². The van der Waals surface area contributed by atoms with Crippen LogP contribution in [0.1, 0.15) is 46.0 Å². The second-order valence-electron chi connectivity index (χ2n) is 8.66. The van der Waals surface area contributed by atoms with Gasteiger partial charge >= 0.3 is 0 Å². The molecule has 0 heterocycles. The summed E-state index contributed by atoms with van der Waals surface area (Å²) in [6, 6.07) is -0.428. The van der Waals surface area contributed by atoms with Gasteiger partial charge in [0.15, 0.2) is 0 Å². The molecule has 1 fully saturated rings. The lowest BCUT2D eigenvalue weighted by Gasteiger charge is -2.53. The fourth-order valence-electron chi connectivity index (χ4n) is 6.02. The average Bonchev–Trinajstić information content (AvgIpc) is 2.73. The Labute approximate surface area is 137 Å². The highest BCUT2D eigenvalue weighted by atomic mass is 19.1. The SMILES string of the molecule is C[C@]12C=CC(O)CC1CC(O)C1=C2CC[C@]2(C)C(N)C(F)C[C@@H]12. The Bertz CT molecular complexity index is 588. The summed E-state index contributed by atoms with van der Waals surface area (Å²) in [7, 11) is 0. The third-order valence-electron chi connectivity index (χ3n) is 7.60. The van der Waals surface area contributed by atoms with Crippen molar-refractivity contribution >= 4 is 0 Å². The van der Waals surface area contributed by atoms with Crippen LogP contribution in [-0.2, 0) is 0 Å². The van der Waals surface area contributed by atoms with Crippen LogP contribution < -0.4 is 5.73 Å². The maximum absolute atomic E-state index is 14.4. The third kappa shape index (κ3) is 1.98. The molecule has 5 unspecified atom stereocenters. The van der Waals surface area contributed by atoms with Crippen molar-refractivity contribution in [1.82, 2.24) is 0 Å². The van der Waals surface area contributed by atoms with E-state index in [0.29, 0.717) is 19.3 Å². The number of hydrogen-bond acceptors (Lipinski definition) is 3. The molecule has 8 atom stereocenters. The Balaban J connectivity index is 1.83. The number of aliphatic hydroxyl groups is 2. The minimum Gasteiger partial charge on any atom is -0.389 e. The molecule has 0 spiro atoms. The van der Waals surface area contributed by atoms with Crippen molar-refractivity contribution in [3.05, 3.63) is 23.3 Å². The van der Waals surface area contributed by atoms with Crippen LogP contribution in [0.15, 0.2) is 23.3 Å². The number of aliphatic hydroxyl groups excluding tert-OH is 2. The first-order valence-corrected chi connectivity index (χ1v) is 8.96. The van der Waals surface area contributed by atoms with E-state index >= 15 is 0 Å². The van der Waals surface area contributed by atoms with E-state index in [-0.39, 0.29) is 22.7 Å². The van der Waals surface area contributed by atoms with Gasteiger partial charge in [0, 0.05) is 11.5 Å². The van der Waals surface area contributed by atoms with Crippen LogP contribution in [0.25, 0.3) is 0 Å². The monoisotopic (exact) mass is 321 g/mol. The largest absolute Gasteiger partial charge is 0.389 e. The number of rotatable bonds is 0. The van der Waals surface area contributed by atoms with Gasteiger partial charge in [-0.25, -0.2) is 4.39 Å². The lowest BCUT2D eigenvalue weighted by atomic mass is 9.52. The number of hydrogen-bond donors (Lipinski definition) is 3. The summed E-state index contributed by atoms with van der Waals surface area (Å²) in [5, 5.41) is 20.8. The number of halogens is 1. The van der Waals surface area contributed by atoms with Crippen molar-refractivity contribution in [2.45, 2.75) is 70.4 Å². The van der Waals surface area contributed by atoms with Crippen molar-refractivity contribution < 1.29 is 14.6 Å². The predicted octanol–water partition coefficient (Wildman–Crippen LogP) is 2.48. The summed E-state index contributed by atoms with van der Waals surface area (Å²) in [5.41, 5.74) is 8.23. The van der Waals surface area contributed by atoms with Gasteiger partial charge in [-0.1, -0.05) is 31.6 Å². The summed E-state index contributed by atoms with van der Waals surface area (Å²) in [6.07, 6.45) is 5.72. The molecule has 0 aromatic carbocycles. The summed E-state index contributed by atoms with van der Waals surface area (Å²) in [4.78, 5) is 0. The first-order valence-electron chi connectivity index (χ1n) is 8.96. The van der Waals surface area contributed by atoms with Crippen LogP contribution in [0, 0.1) is 22.7 Å². The highest BCUT2D eigenvalue weighted by Crippen LogP contribution is 2.62. The normalized spacial score (nSPS) is 55.4. The maximum atomic E-state index is 14.4. The molecule has 0 aromatic heterocycles. The molecular weight excluding hydrogens is 293 g/mol. The lowest BCUT2D eigenvalue weighted by Crippen LogP contribution is -2.50. The summed E-state index contributed by atoms with van der Waals surface area (Å²) < 4.78 is 14.4. The van der Waals surface area contributed by atoms with Gasteiger partial charge in [0.1, 0.15) is 6.17 Å². The van der Waals surface area contributed by atoms with E-state index in [4.69, 9.17) is 5.73 Å². The molecule has 1 saturated carbocycles. The zero-order valence-corrected chi connectivity index (χ0v) is 14.0. The predicted molar refractivity (Wildman–Crippen MR) is 87.3 cm³/mol. The molecule has 0 radical (unpaired) electrons. The standard InChI is InChI=1S/C19H28FNO2/c1-18-5-3-11(22)7-10(18)8-15(23)16-12(18)4-6-19(2)13(16)9-14(20)17(19)21/h3,5,10-11,13-15,17,22-23H,4,6-9,21H2,1-2H3/t10?,11?,13-,14?,15?,17?,18-,19-/m0/s1. The van der Waals surface area contributed by atoms with Crippen LogP contribution in [0.3, 0.4) is 0 Å². The maximum Gasteiger partial charge on any atom is 0.116 e. The van der Waals surface area contributed by atoms with Crippen LogP contribution in [0.4, 0.5) is 4.39 Å². The van der Waals surface area contributed by atoms with Crippen LogP contribution in [-0.4, -0.2) is 34.6 Å². The highest BCUT2D eigenvalue weighted by Gasteiger charge is 2.58. The second-order valence-corrected chi connectivity index (χ2v) is 8.66. The third-order valence-corrected chi connectivity index (χ3v) is 7.60. The number of fused-ring (bicyclic) bond motifs is 4. The molecule has 0 saturated heterocycles. The molecule has 4 N–H and O–H groups in total. The molecule has 0 amide bonds. The molecule has 0 aromatic rings. The Morgan fingerprint density at radius 3 is 2.70 bits per heavy atom. The van der Waals surface area contributed by atoms with Crippen molar-refractivity contribution in [1.29, 1.82) is 0 Å². The van der Waals surface area contributed by atoms with Gasteiger partial charge in [-0.15, -0.1) is 0 Å². The first-order chi connectivity index (χ1) is 10.8. The lowest BCUT2D eigenvalue weighted by molar-refractivity contribution is 0.0455. The van der Waals surface area contributed by atoms with Crippen molar-refractivity contribution in [3.8, 4) is 0 Å². The van der Waals surface area contributed by atoms with Crippen LogP contribution in [0.5, 0.6) is 0 Å². The van der Waals surface area contributed by atoms with Gasteiger partial charge in [-0.2, -0.15) is 0 Å². The Morgan fingerprint density at radius 2 is 1.96 bits per heavy atom. The van der Waals surface area contributed by atoms with Crippen LogP contribution >= 0.6 is 0 Å². The van der Waals surface area contributed by atoms with Crippen LogP contribution in [0.2, 0.25) is 0 Å². The van der Waals surface area contributed by atoms with E-state index in [1.807, 2.05) is 6.08 Å². The molecule has 0 bridgehead atoms. The van der Waals surface area contributed by atoms with Crippen molar-refractivity contribution in [3.63, 3.8) is 0 Å². The molecule has 4 aliphatic carbocycles. The molecular formula is C19H28FNO2. The molecule has 4 heteroatoms. The van der Waals surface area contributed by atoms with Gasteiger partial charge < -0.3 is 15.9 Å². The van der Waals surface area contributed by atoms with E-state index in [1.54, 1.807) is 0 Å². The average molecular weight is 321 g/mol. The Morgan fingerprint density at radius 1 is 1.22 bits per heavy atom. The fourth-order valence-corrected chi connectivity index (χ4v) is 6.02. The number of nitrogens with two attached hydrogens (primary N) is 1. The zero-order chi connectivity index (χ0) is 16.6. The number of allylic oxidation sites excluding steroid dienone is 2. The zero-order valence-electron chi connectivity index (χ0n) is 14.0. The molecule has 4 rings (SSSR count). The summed E-state index contributed by atoms with van der Waals surface area (Å²) >= 11 is 0. The van der Waals surface area contributed by atoms with Gasteiger partial charge in [0.2, 0.25) is 0 Å². The number of alkyl halides is 1. The molecule has 3 nitrogen and oxygen atoms in total. The quantitative estimate of drug-likeness (QED) is 0.601. The first kappa shape index (κ1) is 15.8. The smallest absolute Gasteiger partial charge is 0.116 e. The minimum atomic E-state index is -0.974. The molecule has 4 aliphatic rings.